The van der Waals surface area contributed by atoms with Gasteiger partial charge in [0.05, 0.1) is 6.04 Å². The van der Waals surface area contributed by atoms with Gasteiger partial charge in [-0.3, -0.25) is 4.79 Å². The van der Waals surface area contributed by atoms with E-state index in [1.807, 2.05) is 13.8 Å². The number of piperidine rings is 1. The van der Waals surface area contributed by atoms with Gasteiger partial charge in [0.2, 0.25) is 5.91 Å². The summed E-state index contributed by atoms with van der Waals surface area (Å²) in [6, 6.07) is -1.26. The van der Waals surface area contributed by atoms with E-state index in [9.17, 15) is 9.59 Å². The summed E-state index contributed by atoms with van der Waals surface area (Å²) < 4.78 is 0. The maximum absolute atomic E-state index is 12.0. The first-order chi connectivity index (χ1) is 7.97. The van der Waals surface area contributed by atoms with E-state index in [4.69, 9.17) is 10.8 Å². The zero-order chi connectivity index (χ0) is 13.0. The first kappa shape index (κ1) is 14.0. The fourth-order valence-corrected chi connectivity index (χ4v) is 2.29. The van der Waals surface area contributed by atoms with Crippen LogP contribution in [0.1, 0.15) is 39.5 Å². The minimum atomic E-state index is -0.923. The molecular weight excluding hydrogens is 220 g/mol. The van der Waals surface area contributed by atoms with Crippen molar-refractivity contribution < 1.29 is 14.7 Å². The van der Waals surface area contributed by atoms with Crippen LogP contribution in [-0.4, -0.2) is 40.5 Å². The Kier molecular flexibility index (Phi) is 4.93. The molecule has 1 heterocycles. The molecule has 1 amide bonds. The van der Waals surface area contributed by atoms with E-state index in [2.05, 4.69) is 0 Å². The molecule has 3 atom stereocenters. The van der Waals surface area contributed by atoms with Crippen molar-refractivity contribution in [2.75, 3.05) is 6.54 Å². The first-order valence-electron chi connectivity index (χ1n) is 6.26. The van der Waals surface area contributed by atoms with Crippen molar-refractivity contribution in [1.82, 2.24) is 4.90 Å². The molecule has 0 saturated carbocycles. The van der Waals surface area contributed by atoms with E-state index in [0.717, 1.165) is 12.8 Å². The fraction of sp³-hybridized carbons (Fsp3) is 0.833. The molecule has 5 heteroatoms. The zero-order valence-corrected chi connectivity index (χ0v) is 10.6. The van der Waals surface area contributed by atoms with Gasteiger partial charge in [0.15, 0.2) is 0 Å². The molecule has 0 aromatic rings. The van der Waals surface area contributed by atoms with E-state index in [1.54, 1.807) is 0 Å². The Morgan fingerprint density at radius 1 is 1.53 bits per heavy atom. The molecule has 3 N–H and O–H groups in total. The van der Waals surface area contributed by atoms with Crippen LogP contribution in [0.3, 0.4) is 0 Å². The van der Waals surface area contributed by atoms with Crippen molar-refractivity contribution in [2.24, 2.45) is 11.7 Å². The van der Waals surface area contributed by atoms with Gasteiger partial charge < -0.3 is 15.7 Å². The van der Waals surface area contributed by atoms with Crippen LogP contribution in [0.4, 0.5) is 0 Å². The lowest BCUT2D eigenvalue weighted by molar-refractivity contribution is -0.153. The number of hydrogen-bond donors (Lipinski definition) is 2. The van der Waals surface area contributed by atoms with E-state index in [-0.39, 0.29) is 5.91 Å². The van der Waals surface area contributed by atoms with Gasteiger partial charge in [-0.15, -0.1) is 0 Å². The number of amides is 1. The number of likely N-dealkylation sites (tertiary alicyclic amines) is 1. The van der Waals surface area contributed by atoms with Crippen LogP contribution >= 0.6 is 0 Å². The lowest BCUT2D eigenvalue weighted by Crippen LogP contribution is -2.54. The molecular formula is C12H22N2O3. The van der Waals surface area contributed by atoms with Crippen molar-refractivity contribution >= 4 is 11.9 Å². The second-order valence-corrected chi connectivity index (χ2v) is 4.91. The highest BCUT2D eigenvalue weighted by Crippen LogP contribution is 2.23. The Hall–Kier alpha value is -1.10. The van der Waals surface area contributed by atoms with Gasteiger partial charge in [-0.05, 0) is 25.2 Å². The van der Waals surface area contributed by atoms with Gasteiger partial charge >= 0.3 is 5.97 Å². The van der Waals surface area contributed by atoms with E-state index < -0.39 is 18.1 Å². The Bertz CT molecular complexity index is 293. The lowest BCUT2D eigenvalue weighted by Gasteiger charge is -2.37. The molecule has 1 aliphatic rings. The molecule has 2 unspecified atom stereocenters. The summed E-state index contributed by atoms with van der Waals surface area (Å²) in [5.41, 5.74) is 5.77. The van der Waals surface area contributed by atoms with Crippen LogP contribution in [0, 0.1) is 5.92 Å². The molecule has 98 valence electrons. The van der Waals surface area contributed by atoms with Crippen LogP contribution < -0.4 is 5.73 Å². The maximum atomic E-state index is 12.0. The van der Waals surface area contributed by atoms with Crippen molar-refractivity contribution in [2.45, 2.75) is 51.6 Å². The van der Waals surface area contributed by atoms with Crippen molar-refractivity contribution in [3.8, 4) is 0 Å². The Morgan fingerprint density at radius 2 is 2.18 bits per heavy atom. The number of aliphatic carboxylic acids is 1. The molecule has 5 nitrogen and oxygen atoms in total. The third-order valence-electron chi connectivity index (χ3n) is 3.35. The molecule has 0 aromatic heterocycles. The number of rotatable bonds is 4. The van der Waals surface area contributed by atoms with Crippen LogP contribution in [-0.2, 0) is 9.59 Å². The molecule has 0 spiro atoms. The quantitative estimate of drug-likeness (QED) is 0.764. The molecule has 1 saturated heterocycles. The van der Waals surface area contributed by atoms with Crippen LogP contribution in [0.25, 0.3) is 0 Å². The second kappa shape index (κ2) is 6.00. The second-order valence-electron chi connectivity index (χ2n) is 4.91. The van der Waals surface area contributed by atoms with Crippen LogP contribution in [0.5, 0.6) is 0 Å². The monoisotopic (exact) mass is 242 g/mol. The molecule has 0 bridgehead atoms. The highest BCUT2D eigenvalue weighted by Gasteiger charge is 2.36. The van der Waals surface area contributed by atoms with Gasteiger partial charge in [-0.1, -0.05) is 20.3 Å². The predicted molar refractivity (Wildman–Crippen MR) is 64.4 cm³/mol. The van der Waals surface area contributed by atoms with Crippen molar-refractivity contribution in [3.63, 3.8) is 0 Å². The van der Waals surface area contributed by atoms with Gasteiger partial charge in [0, 0.05) is 6.54 Å². The van der Waals surface area contributed by atoms with Gasteiger partial charge in [-0.2, -0.15) is 0 Å². The number of carbonyl (C=O) groups excluding carboxylic acids is 1. The molecule has 1 rings (SSSR count). The van der Waals surface area contributed by atoms with Crippen molar-refractivity contribution in [3.05, 3.63) is 0 Å². The summed E-state index contributed by atoms with van der Waals surface area (Å²) >= 11 is 0. The van der Waals surface area contributed by atoms with E-state index in [0.29, 0.717) is 25.3 Å². The number of carbonyl (C=O) groups is 2. The minimum absolute atomic E-state index is 0.217. The summed E-state index contributed by atoms with van der Waals surface area (Å²) in [7, 11) is 0. The Labute approximate surface area is 102 Å². The molecule has 17 heavy (non-hydrogen) atoms. The van der Waals surface area contributed by atoms with Gasteiger partial charge in [0.25, 0.3) is 0 Å². The zero-order valence-electron chi connectivity index (χ0n) is 10.6. The van der Waals surface area contributed by atoms with Crippen LogP contribution in [0.15, 0.2) is 0 Å². The van der Waals surface area contributed by atoms with Crippen LogP contribution in [0.2, 0.25) is 0 Å². The standard InChI is InChI=1S/C12H22N2O3/c1-3-4-9(13)11(15)14-6-5-8(2)7-10(14)12(16)17/h8-10H,3-7,13H2,1-2H3,(H,16,17)/t8?,9-,10?/m0/s1. The lowest BCUT2D eigenvalue weighted by atomic mass is 9.91. The topological polar surface area (TPSA) is 83.6 Å². The summed E-state index contributed by atoms with van der Waals surface area (Å²) in [6.07, 6.45) is 2.82. The fourth-order valence-electron chi connectivity index (χ4n) is 2.29. The normalized spacial score (nSPS) is 26.6. The smallest absolute Gasteiger partial charge is 0.326 e. The minimum Gasteiger partial charge on any atom is -0.480 e. The molecule has 0 aliphatic carbocycles. The van der Waals surface area contributed by atoms with Gasteiger partial charge in [0.1, 0.15) is 6.04 Å². The third kappa shape index (κ3) is 3.43. The summed E-state index contributed by atoms with van der Waals surface area (Å²) in [5.74, 6) is -0.790. The first-order valence-corrected chi connectivity index (χ1v) is 6.26. The summed E-state index contributed by atoms with van der Waals surface area (Å²) in [5, 5.41) is 9.15. The number of carboxylic acids is 1. The maximum Gasteiger partial charge on any atom is 0.326 e. The molecule has 0 radical (unpaired) electrons. The Balaban J connectivity index is 2.72. The number of carboxylic acid groups (broad SMARTS) is 1. The predicted octanol–water partition coefficient (Wildman–Crippen LogP) is 0.825. The SMILES string of the molecule is CCC[C@H](N)C(=O)N1CCC(C)CC1C(=O)O. The Morgan fingerprint density at radius 3 is 2.71 bits per heavy atom. The number of nitrogens with two attached hydrogens (primary N) is 1. The third-order valence-corrected chi connectivity index (χ3v) is 3.35. The van der Waals surface area contributed by atoms with Crippen molar-refractivity contribution in [1.29, 1.82) is 0 Å². The molecule has 1 fully saturated rings. The van der Waals surface area contributed by atoms with E-state index in [1.165, 1.54) is 4.90 Å². The van der Waals surface area contributed by atoms with E-state index >= 15 is 0 Å². The van der Waals surface area contributed by atoms with Gasteiger partial charge in [-0.25, -0.2) is 4.79 Å². The average molecular weight is 242 g/mol. The highest BCUT2D eigenvalue weighted by atomic mass is 16.4. The largest absolute Gasteiger partial charge is 0.480 e. The molecule has 0 aromatic carbocycles. The summed E-state index contributed by atoms with van der Waals surface area (Å²) in [4.78, 5) is 24.7. The highest BCUT2D eigenvalue weighted by molar-refractivity contribution is 5.87. The average Bonchev–Trinajstić information content (AvgIpc) is 2.28. The number of nitrogens with zero attached hydrogens (tertiary/aromatic N) is 1. The summed E-state index contributed by atoms with van der Waals surface area (Å²) in [6.45, 7) is 4.48. The molecule has 1 aliphatic heterocycles. The number of hydrogen-bond acceptors (Lipinski definition) is 3.